The Balaban J connectivity index is -0.00000000500. The summed E-state index contributed by atoms with van der Waals surface area (Å²) in [6.45, 7) is 0. The molecule has 0 aromatic carbocycles. The van der Waals surface area contributed by atoms with Gasteiger partial charge in [-0.2, -0.15) is 0 Å². The van der Waals surface area contributed by atoms with Crippen LogP contribution in [0.1, 0.15) is 0 Å². The fourth-order valence-corrected chi connectivity index (χ4v) is 0. The molecule has 24 valence electrons. The van der Waals surface area contributed by atoms with Crippen LogP contribution in [0.15, 0.2) is 0 Å². The first-order chi connectivity index (χ1) is 1.00. The fraction of sp³-hybridized carbons (Fsp3) is 0. The summed E-state index contributed by atoms with van der Waals surface area (Å²) in [7, 11) is 2.60. The Hall–Kier alpha value is 2.47. The topological polar surface area (TPSA) is 0 Å². The molecule has 0 amide bonds. The Morgan fingerprint density at radius 1 is 1.25 bits per heavy atom. The van der Waals surface area contributed by atoms with Crippen molar-refractivity contribution in [2.75, 3.05) is 0 Å². The van der Waals surface area contributed by atoms with Crippen LogP contribution >= 0.6 is 7.52 Å². The van der Waals surface area contributed by atoms with Crippen molar-refractivity contribution in [2.45, 2.75) is 0 Å². The van der Waals surface area contributed by atoms with E-state index < -0.39 is 0 Å². The Morgan fingerprint density at radius 3 is 1.25 bits per heavy atom. The summed E-state index contributed by atoms with van der Waals surface area (Å²) in [6.07, 6.45) is 0. The summed E-state index contributed by atoms with van der Waals surface area (Å²) in [6, 6.07) is 0. The first-order valence-electron chi connectivity index (χ1n) is 0.577. The molecule has 0 heterocycles. The quantitative estimate of drug-likeness (QED) is 0.319. The molecule has 0 nitrogen and oxygen atoms in total. The molecule has 0 fully saturated rings. The molecule has 1 unspecified atom stereocenters. The van der Waals surface area contributed by atoms with E-state index in [9.17, 15) is 0 Å². The Bertz CT molecular complexity index is 8.00. The molecule has 0 spiro atoms. The molecule has 0 aromatic rings. The molecular weight excluding hydrogens is 242 g/mol. The summed E-state index contributed by atoms with van der Waals surface area (Å²) in [4.78, 5) is 0. The molecule has 4 heteroatoms. The number of hydrogen-bond acceptors (Lipinski definition) is 0. The maximum absolute atomic E-state index is 2.60. The van der Waals surface area contributed by atoms with Crippen LogP contribution in [-0.4, -0.2) is 61.3 Å². The van der Waals surface area contributed by atoms with Gasteiger partial charge in [-0.05, 0) is 0 Å². The van der Waals surface area contributed by atoms with Crippen molar-refractivity contribution >= 4 is 68.8 Å². The first kappa shape index (κ1) is 16.1. The van der Waals surface area contributed by atoms with Gasteiger partial charge in [-0.3, -0.25) is 0 Å². The van der Waals surface area contributed by atoms with E-state index in [0.29, 0.717) is 0 Å². The SMILES string of the molecule is [AlH3].[InH3].[PH2][GaH2]. The number of rotatable bonds is 0. The average Bonchev–Trinajstić information content (AvgIpc) is 1.00. The van der Waals surface area contributed by atoms with Crippen LogP contribution in [-0.2, 0) is 0 Å². The van der Waals surface area contributed by atoms with E-state index >= 15 is 0 Å². The second kappa shape index (κ2) is 17.9. The molecule has 0 aliphatic heterocycles. The van der Waals surface area contributed by atoms with Crippen molar-refractivity contribution in [2.24, 2.45) is 0 Å². The van der Waals surface area contributed by atoms with Gasteiger partial charge in [0.05, 0.1) is 0 Å². The molecule has 0 aromatic heterocycles. The zero-order valence-electron chi connectivity index (χ0n) is 1.58. The van der Waals surface area contributed by atoms with Gasteiger partial charge < -0.3 is 0 Å². The normalized spacial score (nSPS) is 1.25. The van der Waals surface area contributed by atoms with Gasteiger partial charge in [-0.15, -0.1) is 0 Å². The van der Waals surface area contributed by atoms with E-state index in [-0.39, 0.29) is 43.2 Å². The fourth-order valence-electron chi connectivity index (χ4n) is 0. The third-order valence-corrected chi connectivity index (χ3v) is 0. The molecule has 1 atom stereocenters. The first-order valence-corrected chi connectivity index (χ1v) is 9.00. The van der Waals surface area contributed by atoms with Crippen LogP contribution in [0.5, 0.6) is 0 Å². The standard InChI is InChI=1S/Al.Ga.In.H2P.8H/h;;;1H2;;;;;;;;/q;+1;;-1;;;;;;;;. The second-order valence-corrected chi connectivity index (χ2v) is 0. The monoisotopic (exact) mass is 252 g/mol. The van der Waals surface area contributed by atoms with E-state index in [4.69, 9.17) is 0 Å². The molecule has 0 rings (SSSR count). The summed E-state index contributed by atoms with van der Waals surface area (Å²) >= 11 is 0.979. The van der Waals surface area contributed by atoms with Crippen LogP contribution in [0.3, 0.4) is 0 Å². The molecule has 0 saturated carbocycles. The average molecular weight is 253 g/mol. The van der Waals surface area contributed by atoms with Crippen molar-refractivity contribution in [3.05, 3.63) is 0 Å². The molecule has 0 radical (unpaired) electrons. The van der Waals surface area contributed by atoms with Crippen molar-refractivity contribution in [1.29, 1.82) is 0 Å². The summed E-state index contributed by atoms with van der Waals surface area (Å²) < 4.78 is 0. The van der Waals surface area contributed by atoms with E-state index in [1.807, 2.05) is 0 Å². The van der Waals surface area contributed by atoms with Crippen molar-refractivity contribution in [3.8, 4) is 0 Å². The summed E-state index contributed by atoms with van der Waals surface area (Å²) in [5, 5.41) is 0. The Kier molecular flexibility index (Phi) is 72.0. The zero-order chi connectivity index (χ0) is 2.00. The van der Waals surface area contributed by atoms with Gasteiger partial charge in [-0.1, -0.05) is 0 Å². The van der Waals surface area contributed by atoms with Gasteiger partial charge in [0.2, 0.25) is 0 Å². The predicted octanol–water partition coefficient (Wildman–Crippen LogP) is -2.96. The Labute approximate surface area is 68.0 Å². The molecule has 0 saturated heterocycles. The van der Waals surface area contributed by atoms with Crippen LogP contribution < -0.4 is 0 Å². The summed E-state index contributed by atoms with van der Waals surface area (Å²) in [5.74, 6) is 0. The second-order valence-electron chi connectivity index (χ2n) is 0. The molecule has 0 aliphatic rings. The molecule has 0 N–H and O–H groups in total. The van der Waals surface area contributed by atoms with Crippen molar-refractivity contribution < 1.29 is 0 Å². The third kappa shape index (κ3) is 8.82. The van der Waals surface area contributed by atoms with E-state index in [1.54, 1.807) is 0 Å². The van der Waals surface area contributed by atoms with E-state index in [1.165, 1.54) is 0 Å². The van der Waals surface area contributed by atoms with Crippen LogP contribution in [0.25, 0.3) is 0 Å². The molecule has 0 bridgehead atoms. The van der Waals surface area contributed by atoms with E-state index in [0.717, 1.165) is 18.1 Å². The molecule has 0 aliphatic carbocycles. The van der Waals surface area contributed by atoms with Crippen molar-refractivity contribution in [3.63, 3.8) is 0 Å². The molecule has 4 heavy (non-hydrogen) atoms. The van der Waals surface area contributed by atoms with Crippen molar-refractivity contribution in [1.82, 2.24) is 0 Å². The van der Waals surface area contributed by atoms with Gasteiger partial charge in [0.15, 0.2) is 17.4 Å². The minimum atomic E-state index is 0. The third-order valence-electron chi connectivity index (χ3n) is 0. The van der Waals surface area contributed by atoms with Gasteiger partial charge in [0, 0.05) is 0 Å². The van der Waals surface area contributed by atoms with Crippen LogP contribution in [0.4, 0.5) is 0 Å². The van der Waals surface area contributed by atoms with E-state index in [2.05, 4.69) is 7.52 Å². The zero-order valence-corrected chi connectivity index (χ0v) is 6.93. The van der Waals surface area contributed by atoms with Crippen LogP contribution in [0.2, 0.25) is 0 Å². The predicted molar refractivity (Wildman–Crippen MR) is 38.1 cm³/mol. The maximum atomic E-state index is 2.60. The summed E-state index contributed by atoms with van der Waals surface area (Å²) in [5.41, 5.74) is 0. The van der Waals surface area contributed by atoms with Crippen LogP contribution in [0, 0.1) is 0 Å². The minimum absolute atomic E-state index is 0. The number of hydrogen-bond donors (Lipinski definition) is 0. The Morgan fingerprint density at radius 2 is 1.25 bits per heavy atom. The van der Waals surface area contributed by atoms with Gasteiger partial charge in [-0.25, -0.2) is 0 Å². The van der Waals surface area contributed by atoms with Gasteiger partial charge in [0.25, 0.3) is 0 Å². The van der Waals surface area contributed by atoms with Gasteiger partial charge in [0.1, 0.15) is 0 Å². The molecular formula is H10AlGaInP. The van der Waals surface area contributed by atoms with Gasteiger partial charge >= 0.3 is 51.5 Å².